The van der Waals surface area contributed by atoms with Gasteiger partial charge in [-0.15, -0.1) is 0 Å². The first-order chi connectivity index (χ1) is 6.50. The van der Waals surface area contributed by atoms with Crippen LogP contribution in [0.25, 0.3) is 0 Å². The largest absolute Gasteiger partial charge is 0.503 e. The van der Waals surface area contributed by atoms with E-state index < -0.39 is 23.3 Å². The second kappa shape index (κ2) is 3.93. The Morgan fingerprint density at radius 1 is 1.57 bits per heavy atom. The number of hydrogen-bond acceptors (Lipinski definition) is 4. The van der Waals surface area contributed by atoms with Gasteiger partial charge in [-0.05, 0) is 12.1 Å². The van der Waals surface area contributed by atoms with Crippen LogP contribution in [0.4, 0.5) is 0 Å². The van der Waals surface area contributed by atoms with E-state index in [1.54, 1.807) is 0 Å². The van der Waals surface area contributed by atoms with E-state index in [-0.39, 0.29) is 6.42 Å². The van der Waals surface area contributed by atoms with Crippen LogP contribution < -0.4 is 11.3 Å². The lowest BCUT2D eigenvalue weighted by atomic mass is 10.1. The van der Waals surface area contributed by atoms with Gasteiger partial charge in [0.2, 0.25) is 0 Å². The monoisotopic (exact) mass is 198 g/mol. The fraction of sp³-hybridized carbons (Fsp3) is 0.250. The van der Waals surface area contributed by atoms with Crippen molar-refractivity contribution in [3.8, 4) is 5.75 Å². The number of rotatable bonds is 3. The molecule has 76 valence electrons. The number of aliphatic carboxylic acids is 1. The smallest absolute Gasteiger partial charge is 0.320 e. The quantitative estimate of drug-likeness (QED) is 0.498. The van der Waals surface area contributed by atoms with Crippen molar-refractivity contribution in [3.63, 3.8) is 0 Å². The lowest BCUT2D eigenvalue weighted by Crippen LogP contribution is -2.33. The van der Waals surface area contributed by atoms with E-state index >= 15 is 0 Å². The zero-order valence-electron chi connectivity index (χ0n) is 7.23. The summed E-state index contributed by atoms with van der Waals surface area (Å²) in [5.41, 5.74) is 4.98. The number of carbonyl (C=O) groups is 1. The van der Waals surface area contributed by atoms with Crippen molar-refractivity contribution in [1.29, 1.82) is 0 Å². The highest BCUT2D eigenvalue weighted by atomic mass is 16.4. The molecule has 1 heterocycles. The van der Waals surface area contributed by atoms with Crippen molar-refractivity contribution >= 4 is 5.97 Å². The molecule has 0 aromatic carbocycles. The lowest BCUT2D eigenvalue weighted by Gasteiger charge is -2.05. The Labute approximate surface area is 79.0 Å². The molecule has 1 aromatic rings. The van der Waals surface area contributed by atoms with Gasteiger partial charge < -0.3 is 20.9 Å². The maximum absolute atomic E-state index is 10.9. The van der Waals surface area contributed by atoms with E-state index in [1.807, 2.05) is 0 Å². The predicted octanol–water partition coefficient (Wildman–Crippen LogP) is -0.965. The molecule has 1 aromatic heterocycles. The summed E-state index contributed by atoms with van der Waals surface area (Å²) in [6.07, 6.45) is 0.0187. The number of aromatic amines is 1. The van der Waals surface area contributed by atoms with Gasteiger partial charge in [0, 0.05) is 12.1 Å². The minimum atomic E-state index is -1.14. The van der Waals surface area contributed by atoms with Crippen molar-refractivity contribution in [3.05, 3.63) is 28.2 Å². The van der Waals surface area contributed by atoms with Crippen molar-refractivity contribution < 1.29 is 15.0 Å². The number of aromatic hydroxyl groups is 1. The number of carboxylic acids is 1. The van der Waals surface area contributed by atoms with Crippen LogP contribution in [0.3, 0.4) is 0 Å². The normalized spacial score (nSPS) is 12.4. The van der Waals surface area contributed by atoms with Crippen molar-refractivity contribution in [2.45, 2.75) is 12.5 Å². The molecule has 6 nitrogen and oxygen atoms in total. The third-order valence-corrected chi connectivity index (χ3v) is 1.71. The van der Waals surface area contributed by atoms with Gasteiger partial charge in [0.05, 0.1) is 0 Å². The molecule has 0 aliphatic rings. The van der Waals surface area contributed by atoms with E-state index in [2.05, 4.69) is 4.98 Å². The zero-order chi connectivity index (χ0) is 10.7. The molecule has 1 unspecified atom stereocenters. The molecule has 0 spiro atoms. The second-order valence-electron chi connectivity index (χ2n) is 2.85. The fourth-order valence-electron chi connectivity index (χ4n) is 0.950. The van der Waals surface area contributed by atoms with Crippen LogP contribution >= 0.6 is 0 Å². The van der Waals surface area contributed by atoms with Gasteiger partial charge in [0.1, 0.15) is 6.04 Å². The molecular weight excluding hydrogens is 188 g/mol. The molecule has 5 N–H and O–H groups in total. The van der Waals surface area contributed by atoms with E-state index in [1.165, 1.54) is 12.1 Å². The zero-order valence-corrected chi connectivity index (χ0v) is 7.23. The van der Waals surface area contributed by atoms with Crippen molar-refractivity contribution in [2.75, 3.05) is 0 Å². The summed E-state index contributed by atoms with van der Waals surface area (Å²) >= 11 is 0. The Kier molecular flexibility index (Phi) is 2.88. The highest BCUT2D eigenvalue weighted by molar-refractivity contribution is 5.73. The van der Waals surface area contributed by atoms with Gasteiger partial charge in [-0.2, -0.15) is 0 Å². The molecule has 6 heteroatoms. The Balaban J connectivity index is 2.83. The van der Waals surface area contributed by atoms with Gasteiger partial charge >= 0.3 is 5.97 Å². The topological polar surface area (TPSA) is 116 Å². The fourth-order valence-corrected chi connectivity index (χ4v) is 0.950. The van der Waals surface area contributed by atoms with Gasteiger partial charge in [-0.1, -0.05) is 0 Å². The van der Waals surface area contributed by atoms with Gasteiger partial charge in [0.15, 0.2) is 5.75 Å². The third kappa shape index (κ3) is 2.33. The van der Waals surface area contributed by atoms with Gasteiger partial charge in [0.25, 0.3) is 5.56 Å². The minimum absolute atomic E-state index is 0.0187. The van der Waals surface area contributed by atoms with Crippen molar-refractivity contribution in [1.82, 2.24) is 4.98 Å². The Bertz CT molecular complexity index is 399. The van der Waals surface area contributed by atoms with E-state index in [9.17, 15) is 9.59 Å². The molecule has 0 bridgehead atoms. The third-order valence-electron chi connectivity index (χ3n) is 1.71. The number of H-pyrrole nitrogens is 1. The Morgan fingerprint density at radius 2 is 2.21 bits per heavy atom. The number of hydrogen-bond donors (Lipinski definition) is 4. The van der Waals surface area contributed by atoms with Crippen LogP contribution in [0.5, 0.6) is 5.75 Å². The molecule has 0 aliphatic carbocycles. The molecule has 0 radical (unpaired) electrons. The number of nitrogens with one attached hydrogen (secondary N) is 1. The first kappa shape index (κ1) is 10.3. The molecule has 1 rings (SSSR count). The van der Waals surface area contributed by atoms with Gasteiger partial charge in [-0.25, -0.2) is 0 Å². The Morgan fingerprint density at radius 3 is 2.71 bits per heavy atom. The molecule has 0 aliphatic heterocycles. The lowest BCUT2D eigenvalue weighted by molar-refractivity contribution is -0.138. The van der Waals surface area contributed by atoms with Crippen molar-refractivity contribution in [2.24, 2.45) is 5.73 Å². The molecule has 0 saturated heterocycles. The summed E-state index contributed by atoms with van der Waals surface area (Å²) in [5.74, 6) is -1.54. The van der Waals surface area contributed by atoms with Crippen LogP contribution in [0.1, 0.15) is 5.69 Å². The molecule has 0 saturated carbocycles. The SMILES string of the molecule is NC(Cc1ccc(O)c(=O)[nH]1)C(=O)O. The van der Waals surface area contributed by atoms with E-state index in [0.29, 0.717) is 5.69 Å². The maximum Gasteiger partial charge on any atom is 0.320 e. The summed E-state index contributed by atoms with van der Waals surface area (Å²) in [6.45, 7) is 0. The summed E-state index contributed by atoms with van der Waals surface area (Å²) in [5, 5.41) is 17.4. The average molecular weight is 198 g/mol. The first-order valence-electron chi connectivity index (χ1n) is 3.90. The second-order valence-corrected chi connectivity index (χ2v) is 2.85. The standard InChI is InChI=1S/C8H10N2O4/c9-5(8(13)14)3-4-1-2-6(11)7(12)10-4/h1-2,5,11H,3,9H2,(H,10,12)(H,13,14). The van der Waals surface area contributed by atoms with Crippen LogP contribution in [-0.2, 0) is 11.2 Å². The molecule has 14 heavy (non-hydrogen) atoms. The maximum atomic E-state index is 10.9. The summed E-state index contributed by atoms with van der Waals surface area (Å²) in [7, 11) is 0. The summed E-state index contributed by atoms with van der Waals surface area (Å²) in [6, 6.07) is 1.55. The average Bonchev–Trinajstić information content (AvgIpc) is 2.11. The van der Waals surface area contributed by atoms with E-state index in [4.69, 9.17) is 15.9 Å². The summed E-state index contributed by atoms with van der Waals surface area (Å²) in [4.78, 5) is 23.6. The predicted molar refractivity (Wildman–Crippen MR) is 48.0 cm³/mol. The van der Waals surface area contributed by atoms with E-state index in [0.717, 1.165) is 0 Å². The van der Waals surface area contributed by atoms with Crippen LogP contribution in [0.15, 0.2) is 16.9 Å². The number of aromatic nitrogens is 1. The minimum Gasteiger partial charge on any atom is -0.503 e. The molecule has 0 amide bonds. The number of carboxylic acid groups (broad SMARTS) is 1. The first-order valence-corrected chi connectivity index (χ1v) is 3.90. The van der Waals surface area contributed by atoms with Crippen LogP contribution in [0.2, 0.25) is 0 Å². The molecular formula is C8H10N2O4. The van der Waals surface area contributed by atoms with Gasteiger partial charge in [-0.3, -0.25) is 9.59 Å². The molecule has 1 atom stereocenters. The Hall–Kier alpha value is -1.82. The number of pyridine rings is 1. The highest BCUT2D eigenvalue weighted by Gasteiger charge is 2.12. The number of nitrogens with two attached hydrogens (primary N) is 1. The highest BCUT2D eigenvalue weighted by Crippen LogP contribution is 2.02. The van der Waals surface area contributed by atoms with Crippen LogP contribution in [0, 0.1) is 0 Å². The molecule has 0 fully saturated rings. The van der Waals surface area contributed by atoms with Crippen LogP contribution in [-0.4, -0.2) is 27.2 Å². The summed E-state index contributed by atoms with van der Waals surface area (Å²) < 4.78 is 0.